The van der Waals surface area contributed by atoms with Gasteiger partial charge in [0.2, 0.25) is 0 Å². The Morgan fingerprint density at radius 3 is 2.56 bits per heavy atom. The third-order valence-electron chi connectivity index (χ3n) is 8.76. The van der Waals surface area contributed by atoms with Crippen molar-refractivity contribution in [2.75, 3.05) is 13.2 Å². The fourth-order valence-corrected chi connectivity index (χ4v) is 7.13. The molecule has 1 heterocycles. The first-order chi connectivity index (χ1) is 12.8. The highest BCUT2D eigenvalue weighted by molar-refractivity contribution is 5.40. The molecule has 0 aromatic rings. The van der Waals surface area contributed by atoms with Crippen LogP contribution in [0.25, 0.3) is 0 Å². The minimum Gasteiger partial charge on any atom is -0.512 e. The number of aliphatic hydroxyl groups is 2. The maximum atomic E-state index is 11.4. The van der Waals surface area contributed by atoms with E-state index in [2.05, 4.69) is 32.9 Å². The maximum absolute atomic E-state index is 11.4. The molecule has 0 amide bonds. The lowest BCUT2D eigenvalue weighted by Gasteiger charge is -2.57. The summed E-state index contributed by atoms with van der Waals surface area (Å²) >= 11 is 0. The van der Waals surface area contributed by atoms with Crippen LogP contribution in [0.15, 0.2) is 35.1 Å². The second-order valence-electron chi connectivity index (χ2n) is 9.86. The Bertz CT molecular complexity index is 743. The van der Waals surface area contributed by atoms with Crippen molar-refractivity contribution in [3.63, 3.8) is 0 Å². The zero-order valence-corrected chi connectivity index (χ0v) is 16.7. The van der Waals surface area contributed by atoms with Gasteiger partial charge in [0.05, 0.1) is 25.1 Å². The molecule has 0 radical (unpaired) electrons. The van der Waals surface area contributed by atoms with E-state index in [4.69, 9.17) is 9.47 Å². The van der Waals surface area contributed by atoms with E-state index >= 15 is 0 Å². The highest BCUT2D eigenvalue weighted by Gasteiger charge is 2.63. The molecule has 1 saturated carbocycles. The van der Waals surface area contributed by atoms with Crippen LogP contribution in [0, 0.1) is 28.6 Å². The first-order valence-corrected chi connectivity index (χ1v) is 10.6. The van der Waals surface area contributed by atoms with Crippen LogP contribution in [-0.2, 0) is 9.47 Å². The van der Waals surface area contributed by atoms with Gasteiger partial charge < -0.3 is 19.7 Å². The van der Waals surface area contributed by atoms with Gasteiger partial charge in [-0.25, -0.2) is 0 Å². The first-order valence-electron chi connectivity index (χ1n) is 10.6. The van der Waals surface area contributed by atoms with Gasteiger partial charge in [-0.15, -0.1) is 0 Å². The average Bonchev–Trinajstić information content (AvgIpc) is 3.22. The van der Waals surface area contributed by atoms with Gasteiger partial charge in [0, 0.05) is 17.8 Å². The van der Waals surface area contributed by atoms with E-state index < -0.39 is 11.9 Å². The summed E-state index contributed by atoms with van der Waals surface area (Å²) in [6.45, 7) is 7.91. The Kier molecular flexibility index (Phi) is 3.80. The maximum Gasteiger partial charge on any atom is 0.169 e. The molecule has 4 heteroatoms. The Balaban J connectivity index is 1.53. The molecule has 4 unspecified atom stereocenters. The van der Waals surface area contributed by atoms with E-state index in [1.807, 2.05) is 6.08 Å². The second-order valence-corrected chi connectivity index (χ2v) is 9.86. The van der Waals surface area contributed by atoms with E-state index in [1.165, 1.54) is 11.1 Å². The van der Waals surface area contributed by atoms with Gasteiger partial charge >= 0.3 is 0 Å². The third kappa shape index (κ3) is 2.27. The largest absolute Gasteiger partial charge is 0.512 e. The molecule has 1 aliphatic heterocycles. The molecule has 1 saturated heterocycles. The van der Waals surface area contributed by atoms with E-state index in [0.717, 1.165) is 32.1 Å². The van der Waals surface area contributed by atoms with Crippen molar-refractivity contribution < 1.29 is 19.7 Å². The van der Waals surface area contributed by atoms with Gasteiger partial charge in [0.25, 0.3) is 0 Å². The van der Waals surface area contributed by atoms with Gasteiger partial charge in [-0.3, -0.25) is 0 Å². The van der Waals surface area contributed by atoms with Crippen molar-refractivity contribution in [2.45, 2.75) is 64.8 Å². The van der Waals surface area contributed by atoms with E-state index in [1.54, 1.807) is 0 Å². The molecule has 4 aliphatic carbocycles. The van der Waals surface area contributed by atoms with Crippen LogP contribution in [0.2, 0.25) is 0 Å². The van der Waals surface area contributed by atoms with Crippen LogP contribution in [0.1, 0.15) is 52.9 Å². The average molecular weight is 373 g/mol. The molecule has 2 N–H and O–H groups in total. The van der Waals surface area contributed by atoms with Crippen molar-refractivity contribution in [3.8, 4) is 0 Å². The summed E-state index contributed by atoms with van der Waals surface area (Å²) in [4.78, 5) is 0. The number of hydrogen-bond acceptors (Lipinski definition) is 4. The van der Waals surface area contributed by atoms with Crippen LogP contribution in [0.3, 0.4) is 0 Å². The number of rotatable bonds is 1. The molecule has 5 rings (SSSR count). The van der Waals surface area contributed by atoms with Crippen molar-refractivity contribution in [1.29, 1.82) is 0 Å². The van der Waals surface area contributed by atoms with Crippen molar-refractivity contribution in [2.24, 2.45) is 28.6 Å². The predicted octanol–water partition coefficient (Wildman–Crippen LogP) is 4.27. The van der Waals surface area contributed by atoms with Crippen LogP contribution in [0.4, 0.5) is 0 Å². The predicted molar refractivity (Wildman–Crippen MR) is 103 cm³/mol. The normalized spacial score (nSPS) is 48.1. The lowest BCUT2D eigenvalue weighted by molar-refractivity contribution is -0.218. The van der Waals surface area contributed by atoms with E-state index in [9.17, 15) is 10.2 Å². The Morgan fingerprint density at radius 2 is 1.81 bits per heavy atom. The summed E-state index contributed by atoms with van der Waals surface area (Å²) in [5, 5.41) is 21.5. The monoisotopic (exact) mass is 372 g/mol. The first kappa shape index (κ1) is 18.0. The van der Waals surface area contributed by atoms with Gasteiger partial charge in [0.15, 0.2) is 5.79 Å². The smallest absolute Gasteiger partial charge is 0.169 e. The zero-order chi connectivity index (χ0) is 19.0. The van der Waals surface area contributed by atoms with Crippen LogP contribution in [0.5, 0.6) is 0 Å². The minimum absolute atomic E-state index is 0.0423. The van der Waals surface area contributed by atoms with Crippen molar-refractivity contribution >= 4 is 0 Å². The summed E-state index contributed by atoms with van der Waals surface area (Å²) in [5.41, 5.74) is 2.45. The third-order valence-corrected chi connectivity index (χ3v) is 8.76. The summed E-state index contributed by atoms with van der Waals surface area (Å²) in [7, 11) is 0. The van der Waals surface area contributed by atoms with Gasteiger partial charge in [0.1, 0.15) is 0 Å². The number of hydrogen-bond donors (Lipinski definition) is 2. The van der Waals surface area contributed by atoms with Gasteiger partial charge in [-0.05, 0) is 61.5 Å². The highest BCUT2D eigenvalue weighted by Crippen LogP contribution is 2.65. The van der Waals surface area contributed by atoms with Gasteiger partial charge in [-0.1, -0.05) is 31.6 Å². The van der Waals surface area contributed by atoms with Gasteiger partial charge in [-0.2, -0.15) is 0 Å². The minimum atomic E-state index is -0.597. The molecule has 148 valence electrons. The SMILES string of the molecule is CC1(C2CC=C3C4CC=C5C=C(O)CC[C@]5(C)C4CC(O)[C@@]32C)OCCO1. The molecular weight excluding hydrogens is 340 g/mol. The van der Waals surface area contributed by atoms with Crippen molar-refractivity contribution in [3.05, 3.63) is 35.1 Å². The topological polar surface area (TPSA) is 58.9 Å². The Hall–Kier alpha value is -1.10. The Labute approximate surface area is 161 Å². The summed E-state index contributed by atoms with van der Waals surface area (Å²) in [6.07, 6.45) is 10.7. The lowest BCUT2D eigenvalue weighted by Crippen LogP contribution is -2.56. The van der Waals surface area contributed by atoms with Crippen LogP contribution < -0.4 is 0 Å². The molecule has 5 aliphatic rings. The molecular formula is C23H32O4. The summed E-state index contributed by atoms with van der Waals surface area (Å²) in [5.74, 6) is 0.956. The number of ether oxygens (including phenoxy) is 2. The molecule has 4 nitrogen and oxygen atoms in total. The zero-order valence-electron chi connectivity index (χ0n) is 16.7. The fourth-order valence-electron chi connectivity index (χ4n) is 7.13. The standard InChI is InChI=1S/C23H32O4/c1-21-9-8-15(24)12-14(21)4-5-16-17-6-7-19(23(3)26-10-11-27-23)22(17,2)20(25)13-18(16)21/h4,6,12,16,18-20,24-25H,5,7-11,13H2,1-3H3/t16?,18?,19?,20?,21-,22-/m0/s1. The van der Waals surface area contributed by atoms with E-state index in [-0.39, 0.29) is 16.7 Å². The summed E-state index contributed by atoms with van der Waals surface area (Å²) in [6, 6.07) is 0. The number of allylic oxidation sites excluding steroid dienone is 5. The highest BCUT2D eigenvalue weighted by atomic mass is 16.7. The molecule has 6 atom stereocenters. The molecule has 27 heavy (non-hydrogen) atoms. The summed E-state index contributed by atoms with van der Waals surface area (Å²) < 4.78 is 12.1. The lowest BCUT2D eigenvalue weighted by atomic mass is 9.48. The van der Waals surface area contributed by atoms with E-state index in [0.29, 0.717) is 30.8 Å². The quantitative estimate of drug-likeness (QED) is 0.675. The van der Waals surface area contributed by atoms with Crippen LogP contribution in [-0.4, -0.2) is 35.3 Å². The molecule has 2 fully saturated rings. The molecule has 0 aromatic carbocycles. The van der Waals surface area contributed by atoms with Crippen LogP contribution >= 0.6 is 0 Å². The second kappa shape index (κ2) is 5.71. The molecule has 0 spiro atoms. The van der Waals surface area contributed by atoms with Crippen molar-refractivity contribution in [1.82, 2.24) is 0 Å². The molecule has 0 aromatic heterocycles. The number of aliphatic hydroxyl groups excluding tert-OH is 2. The fraction of sp³-hybridized carbons (Fsp3) is 0.739. The molecule has 0 bridgehead atoms. The number of fused-ring (bicyclic) bond motifs is 5. The Morgan fingerprint density at radius 1 is 1.07 bits per heavy atom.